The van der Waals surface area contributed by atoms with Gasteiger partial charge < -0.3 is 14.7 Å². The number of aliphatic hydroxyl groups excluding tert-OH is 1. The topological polar surface area (TPSA) is 49.8 Å². The molecular weight excluding hydrogens is 218 g/mol. The molecular formula is C10H20ClNO3. The first kappa shape index (κ1) is 14.7. The predicted molar refractivity (Wildman–Crippen MR) is 60.0 cm³/mol. The zero-order valence-corrected chi connectivity index (χ0v) is 10.4. The second-order valence-electron chi connectivity index (χ2n) is 4.03. The van der Waals surface area contributed by atoms with Crippen LogP contribution in [0.15, 0.2) is 0 Å². The molecule has 0 saturated heterocycles. The summed E-state index contributed by atoms with van der Waals surface area (Å²) in [5.74, 6) is 0.212. The van der Waals surface area contributed by atoms with Gasteiger partial charge in [-0.3, -0.25) is 4.79 Å². The Balaban J connectivity index is 4.40. The third-order valence-electron chi connectivity index (χ3n) is 2.14. The van der Waals surface area contributed by atoms with E-state index in [0.29, 0.717) is 19.7 Å². The van der Waals surface area contributed by atoms with Crippen LogP contribution in [0.1, 0.15) is 13.8 Å². The molecule has 15 heavy (non-hydrogen) atoms. The van der Waals surface area contributed by atoms with E-state index in [1.54, 1.807) is 25.9 Å². The minimum absolute atomic E-state index is 0.0478. The molecule has 1 N–H and O–H groups in total. The fraction of sp³-hybridized carbons (Fsp3) is 0.900. The van der Waals surface area contributed by atoms with Crippen molar-refractivity contribution in [3.63, 3.8) is 0 Å². The van der Waals surface area contributed by atoms with E-state index in [1.165, 1.54) is 0 Å². The highest BCUT2D eigenvalue weighted by Gasteiger charge is 2.30. The van der Waals surface area contributed by atoms with Crippen molar-refractivity contribution in [2.45, 2.75) is 13.8 Å². The molecule has 0 aromatic rings. The van der Waals surface area contributed by atoms with Gasteiger partial charge in [-0.25, -0.2) is 0 Å². The van der Waals surface area contributed by atoms with Crippen LogP contribution in [-0.2, 0) is 9.53 Å². The number of ether oxygens (including phenoxy) is 1. The fourth-order valence-electron chi connectivity index (χ4n) is 1.12. The van der Waals surface area contributed by atoms with E-state index in [0.717, 1.165) is 0 Å². The van der Waals surface area contributed by atoms with Gasteiger partial charge in [0.1, 0.15) is 0 Å². The van der Waals surface area contributed by atoms with Crippen LogP contribution in [0.4, 0.5) is 0 Å². The van der Waals surface area contributed by atoms with Crippen LogP contribution in [0, 0.1) is 5.41 Å². The lowest BCUT2D eigenvalue weighted by molar-refractivity contribution is -0.140. The first-order valence-corrected chi connectivity index (χ1v) is 5.48. The molecule has 0 radical (unpaired) electrons. The van der Waals surface area contributed by atoms with Gasteiger partial charge in [-0.2, -0.15) is 0 Å². The summed E-state index contributed by atoms with van der Waals surface area (Å²) >= 11 is 5.73. The molecule has 0 rings (SSSR count). The van der Waals surface area contributed by atoms with Crippen molar-refractivity contribution in [3.8, 4) is 0 Å². The smallest absolute Gasteiger partial charge is 0.229 e. The van der Waals surface area contributed by atoms with Crippen molar-refractivity contribution in [3.05, 3.63) is 0 Å². The third kappa shape index (κ3) is 4.82. The fourth-order valence-corrected chi connectivity index (χ4v) is 1.24. The second-order valence-corrected chi connectivity index (χ2v) is 4.29. The Hall–Kier alpha value is -0.320. The van der Waals surface area contributed by atoms with Crippen molar-refractivity contribution in [2.75, 3.05) is 39.3 Å². The normalized spacial score (nSPS) is 11.5. The van der Waals surface area contributed by atoms with Gasteiger partial charge in [0.25, 0.3) is 0 Å². The van der Waals surface area contributed by atoms with Crippen LogP contribution < -0.4 is 0 Å². The molecule has 0 unspecified atom stereocenters. The zero-order valence-electron chi connectivity index (χ0n) is 9.62. The lowest BCUT2D eigenvalue weighted by Gasteiger charge is -2.30. The van der Waals surface area contributed by atoms with Crippen LogP contribution in [0.5, 0.6) is 0 Å². The summed E-state index contributed by atoms with van der Waals surface area (Å²) in [5.41, 5.74) is -0.593. The highest BCUT2D eigenvalue weighted by molar-refractivity contribution is 6.19. The minimum Gasteiger partial charge on any atom is -0.395 e. The number of aliphatic hydroxyl groups is 1. The van der Waals surface area contributed by atoms with E-state index in [-0.39, 0.29) is 18.4 Å². The molecule has 1 amide bonds. The Kier molecular flexibility index (Phi) is 6.89. The molecule has 0 fully saturated rings. The maximum absolute atomic E-state index is 12.0. The Morgan fingerprint density at radius 3 is 2.47 bits per heavy atom. The standard InChI is InChI=1S/C10H20ClNO3/c1-10(2,8-11)9(14)12(4-6-13)5-7-15-3/h13H,4-8H2,1-3H3. The molecule has 4 nitrogen and oxygen atoms in total. The largest absolute Gasteiger partial charge is 0.395 e. The van der Waals surface area contributed by atoms with E-state index >= 15 is 0 Å². The maximum atomic E-state index is 12.0. The lowest BCUT2D eigenvalue weighted by Crippen LogP contribution is -2.44. The first-order valence-electron chi connectivity index (χ1n) is 4.94. The molecule has 0 aromatic heterocycles. The highest BCUT2D eigenvalue weighted by atomic mass is 35.5. The van der Waals surface area contributed by atoms with Crippen LogP contribution >= 0.6 is 11.6 Å². The zero-order chi connectivity index (χ0) is 11.9. The number of alkyl halides is 1. The van der Waals surface area contributed by atoms with E-state index in [1.807, 2.05) is 0 Å². The number of halogens is 1. The number of methoxy groups -OCH3 is 1. The van der Waals surface area contributed by atoms with E-state index in [9.17, 15) is 4.79 Å². The SMILES string of the molecule is COCCN(CCO)C(=O)C(C)(C)CCl. The summed E-state index contributed by atoms with van der Waals surface area (Å²) in [7, 11) is 1.58. The van der Waals surface area contributed by atoms with E-state index in [4.69, 9.17) is 21.4 Å². The summed E-state index contributed by atoms with van der Waals surface area (Å²) in [5, 5.41) is 8.86. The van der Waals surface area contributed by atoms with Gasteiger partial charge >= 0.3 is 0 Å². The summed E-state index contributed by atoms with van der Waals surface area (Å²) in [6.07, 6.45) is 0. The van der Waals surface area contributed by atoms with Crippen molar-refractivity contribution in [1.82, 2.24) is 4.90 Å². The number of amides is 1. The minimum atomic E-state index is -0.593. The predicted octanol–water partition coefficient (Wildman–Crippen LogP) is 0.719. The second kappa shape index (κ2) is 7.04. The lowest BCUT2D eigenvalue weighted by atomic mass is 9.94. The Morgan fingerprint density at radius 1 is 1.47 bits per heavy atom. The van der Waals surface area contributed by atoms with Crippen LogP contribution in [-0.4, -0.2) is 55.2 Å². The number of rotatable bonds is 7. The molecule has 0 bridgehead atoms. The number of hydrogen-bond acceptors (Lipinski definition) is 3. The Morgan fingerprint density at radius 2 is 2.07 bits per heavy atom. The molecule has 0 heterocycles. The van der Waals surface area contributed by atoms with Gasteiger partial charge in [-0.15, -0.1) is 11.6 Å². The van der Waals surface area contributed by atoms with Gasteiger partial charge in [0.05, 0.1) is 18.6 Å². The average Bonchev–Trinajstić information content (AvgIpc) is 2.23. The van der Waals surface area contributed by atoms with Gasteiger partial charge in [0, 0.05) is 26.1 Å². The Bertz CT molecular complexity index is 197. The third-order valence-corrected chi connectivity index (χ3v) is 2.80. The summed E-state index contributed by atoms with van der Waals surface area (Å²) in [6, 6.07) is 0. The maximum Gasteiger partial charge on any atom is 0.229 e. The molecule has 0 aliphatic carbocycles. The Labute approximate surface area is 96.2 Å². The highest BCUT2D eigenvalue weighted by Crippen LogP contribution is 2.20. The molecule has 5 heteroatoms. The molecule has 0 saturated carbocycles. The molecule has 0 spiro atoms. The van der Waals surface area contributed by atoms with Crippen molar-refractivity contribution in [2.24, 2.45) is 5.41 Å². The number of hydrogen-bond donors (Lipinski definition) is 1. The van der Waals surface area contributed by atoms with Crippen LogP contribution in [0.3, 0.4) is 0 Å². The van der Waals surface area contributed by atoms with Crippen molar-refractivity contribution < 1.29 is 14.6 Å². The number of nitrogens with zero attached hydrogens (tertiary/aromatic N) is 1. The molecule has 0 aliphatic heterocycles. The molecule has 90 valence electrons. The quantitative estimate of drug-likeness (QED) is 0.664. The number of carbonyl (C=O) groups excluding carboxylic acids is 1. The van der Waals surface area contributed by atoms with Crippen LogP contribution in [0.2, 0.25) is 0 Å². The van der Waals surface area contributed by atoms with Gasteiger partial charge in [-0.05, 0) is 13.8 Å². The van der Waals surface area contributed by atoms with E-state index < -0.39 is 5.41 Å². The van der Waals surface area contributed by atoms with E-state index in [2.05, 4.69) is 0 Å². The molecule has 0 atom stereocenters. The summed E-state index contributed by atoms with van der Waals surface area (Å²) in [4.78, 5) is 13.5. The summed E-state index contributed by atoms with van der Waals surface area (Å²) in [6.45, 7) is 4.80. The van der Waals surface area contributed by atoms with Crippen molar-refractivity contribution in [1.29, 1.82) is 0 Å². The van der Waals surface area contributed by atoms with Gasteiger partial charge in [0.15, 0.2) is 0 Å². The first-order chi connectivity index (χ1) is 6.99. The number of carbonyl (C=O) groups is 1. The van der Waals surface area contributed by atoms with Crippen molar-refractivity contribution >= 4 is 17.5 Å². The van der Waals surface area contributed by atoms with Crippen LogP contribution in [0.25, 0.3) is 0 Å². The van der Waals surface area contributed by atoms with Gasteiger partial charge in [0.2, 0.25) is 5.91 Å². The molecule has 0 aromatic carbocycles. The monoisotopic (exact) mass is 237 g/mol. The summed E-state index contributed by atoms with van der Waals surface area (Å²) < 4.78 is 4.91. The molecule has 0 aliphatic rings. The average molecular weight is 238 g/mol. The van der Waals surface area contributed by atoms with Gasteiger partial charge in [-0.1, -0.05) is 0 Å².